The number of para-hydroxylation sites is 2. The topological polar surface area (TPSA) is 76.6 Å². The number of carbonyl (C=O) groups excluding carboxylic acids is 1. The van der Waals surface area contributed by atoms with Gasteiger partial charge in [-0.25, -0.2) is 9.97 Å². The predicted octanol–water partition coefficient (Wildman–Crippen LogP) is 3.81. The summed E-state index contributed by atoms with van der Waals surface area (Å²) in [5, 5.41) is 4.19. The van der Waals surface area contributed by atoms with E-state index in [4.69, 9.17) is 19.4 Å². The van der Waals surface area contributed by atoms with E-state index in [1.807, 2.05) is 31.2 Å². The number of hydrogen-bond acceptors (Lipinski definition) is 6. The summed E-state index contributed by atoms with van der Waals surface area (Å²) in [6.45, 7) is 6.77. The van der Waals surface area contributed by atoms with Gasteiger partial charge in [0.25, 0.3) is 0 Å². The van der Waals surface area contributed by atoms with Gasteiger partial charge in [0.05, 0.1) is 11.2 Å². The highest BCUT2D eigenvalue weighted by atomic mass is 16.6. The van der Waals surface area contributed by atoms with Crippen LogP contribution in [0.3, 0.4) is 0 Å². The van der Waals surface area contributed by atoms with Crippen molar-refractivity contribution in [3.05, 3.63) is 53.7 Å². The van der Waals surface area contributed by atoms with Crippen molar-refractivity contribution in [2.24, 2.45) is 5.92 Å². The minimum atomic E-state index is -0.0426. The number of piperidine rings is 1. The Morgan fingerprint density at radius 1 is 1.09 bits per heavy atom. The van der Waals surface area contributed by atoms with Gasteiger partial charge in [-0.2, -0.15) is 0 Å². The first-order chi connectivity index (χ1) is 16.1. The van der Waals surface area contributed by atoms with Gasteiger partial charge >= 0.3 is 0 Å². The van der Waals surface area contributed by atoms with Crippen molar-refractivity contribution in [2.45, 2.75) is 39.2 Å². The minimum Gasteiger partial charge on any atom is -0.486 e. The third-order valence-electron chi connectivity index (χ3n) is 6.51. The SMILES string of the molecule is Cc1ccc2c(C)nc(N3CCC(C(=O)NCCC4COc5ccccc5O4)CC3)nc2c1. The van der Waals surface area contributed by atoms with Gasteiger partial charge in [-0.15, -0.1) is 0 Å². The maximum Gasteiger partial charge on any atom is 0.226 e. The van der Waals surface area contributed by atoms with Crippen molar-refractivity contribution < 1.29 is 14.3 Å². The quantitative estimate of drug-likeness (QED) is 0.642. The summed E-state index contributed by atoms with van der Waals surface area (Å²) in [7, 11) is 0. The number of benzene rings is 2. The fourth-order valence-corrected chi connectivity index (χ4v) is 4.57. The number of nitrogens with zero attached hydrogens (tertiary/aromatic N) is 3. The lowest BCUT2D eigenvalue weighted by Gasteiger charge is -2.32. The molecule has 5 rings (SSSR count). The van der Waals surface area contributed by atoms with Crippen LogP contribution in [0.2, 0.25) is 0 Å². The van der Waals surface area contributed by atoms with Gasteiger partial charge in [0.1, 0.15) is 12.7 Å². The molecule has 0 spiro atoms. The van der Waals surface area contributed by atoms with Crippen molar-refractivity contribution in [1.29, 1.82) is 0 Å². The molecule has 172 valence electrons. The molecule has 2 aliphatic heterocycles. The number of amides is 1. The van der Waals surface area contributed by atoms with E-state index in [2.05, 4.69) is 35.3 Å². The molecule has 0 radical (unpaired) electrons. The first kappa shape index (κ1) is 21.5. The van der Waals surface area contributed by atoms with Crippen LogP contribution in [-0.4, -0.2) is 48.2 Å². The largest absolute Gasteiger partial charge is 0.486 e. The second-order valence-electron chi connectivity index (χ2n) is 8.97. The highest BCUT2D eigenvalue weighted by molar-refractivity contribution is 5.82. The number of aryl methyl sites for hydroxylation is 2. The summed E-state index contributed by atoms with van der Waals surface area (Å²) in [6.07, 6.45) is 2.29. The van der Waals surface area contributed by atoms with Gasteiger partial charge in [-0.3, -0.25) is 4.79 Å². The fourth-order valence-electron chi connectivity index (χ4n) is 4.57. The summed E-state index contributed by atoms with van der Waals surface area (Å²) < 4.78 is 11.7. The molecule has 1 N–H and O–H groups in total. The monoisotopic (exact) mass is 446 g/mol. The van der Waals surface area contributed by atoms with Crippen LogP contribution in [-0.2, 0) is 4.79 Å². The summed E-state index contributed by atoms with van der Waals surface area (Å²) >= 11 is 0. The van der Waals surface area contributed by atoms with Crippen molar-refractivity contribution in [1.82, 2.24) is 15.3 Å². The van der Waals surface area contributed by atoms with Gasteiger partial charge in [-0.1, -0.05) is 24.3 Å². The molecule has 3 aromatic rings. The number of aromatic nitrogens is 2. The van der Waals surface area contributed by atoms with Crippen LogP contribution in [0.1, 0.15) is 30.5 Å². The van der Waals surface area contributed by atoms with Crippen LogP contribution in [0.25, 0.3) is 10.9 Å². The smallest absolute Gasteiger partial charge is 0.226 e. The third kappa shape index (κ3) is 4.72. The van der Waals surface area contributed by atoms with Gasteiger partial charge in [0.15, 0.2) is 11.5 Å². The zero-order chi connectivity index (χ0) is 22.8. The average molecular weight is 447 g/mol. The molecule has 1 saturated heterocycles. The van der Waals surface area contributed by atoms with E-state index in [0.717, 1.165) is 66.4 Å². The molecule has 7 heteroatoms. The van der Waals surface area contributed by atoms with Crippen LogP contribution in [0, 0.1) is 19.8 Å². The fraction of sp³-hybridized carbons (Fsp3) is 0.423. The Morgan fingerprint density at radius 2 is 1.88 bits per heavy atom. The van der Waals surface area contributed by atoms with E-state index in [9.17, 15) is 4.79 Å². The molecule has 2 aliphatic rings. The number of nitrogens with one attached hydrogen (secondary N) is 1. The molecule has 7 nitrogen and oxygen atoms in total. The normalized spacial score (nSPS) is 18.4. The molecule has 2 aromatic carbocycles. The van der Waals surface area contributed by atoms with Crippen molar-refractivity contribution in [3.8, 4) is 11.5 Å². The number of anilines is 1. The lowest BCUT2D eigenvalue weighted by atomic mass is 9.96. The third-order valence-corrected chi connectivity index (χ3v) is 6.51. The maximum atomic E-state index is 12.7. The van der Waals surface area contributed by atoms with E-state index in [0.29, 0.717) is 13.2 Å². The van der Waals surface area contributed by atoms with Crippen LogP contribution in [0.4, 0.5) is 5.95 Å². The van der Waals surface area contributed by atoms with Crippen molar-refractivity contribution >= 4 is 22.8 Å². The average Bonchev–Trinajstić information content (AvgIpc) is 2.83. The van der Waals surface area contributed by atoms with Crippen LogP contribution in [0.15, 0.2) is 42.5 Å². The lowest BCUT2D eigenvalue weighted by molar-refractivity contribution is -0.125. The molecule has 33 heavy (non-hydrogen) atoms. The number of rotatable bonds is 5. The summed E-state index contributed by atoms with van der Waals surface area (Å²) in [5.74, 6) is 2.46. The van der Waals surface area contributed by atoms with Crippen molar-refractivity contribution in [2.75, 3.05) is 31.1 Å². The van der Waals surface area contributed by atoms with E-state index in [1.54, 1.807) is 0 Å². The summed E-state index contributed by atoms with van der Waals surface area (Å²) in [4.78, 5) is 24.4. The molecule has 1 unspecified atom stereocenters. The number of fused-ring (bicyclic) bond motifs is 2. The molecular formula is C26H30N4O3. The van der Waals surface area contributed by atoms with E-state index >= 15 is 0 Å². The zero-order valence-electron chi connectivity index (χ0n) is 19.2. The maximum absolute atomic E-state index is 12.7. The Balaban J connectivity index is 1.11. The molecular weight excluding hydrogens is 416 g/mol. The van der Waals surface area contributed by atoms with Gasteiger partial charge < -0.3 is 19.7 Å². The van der Waals surface area contributed by atoms with Gasteiger partial charge in [0.2, 0.25) is 11.9 Å². The van der Waals surface area contributed by atoms with Crippen molar-refractivity contribution in [3.63, 3.8) is 0 Å². The van der Waals surface area contributed by atoms with Gasteiger partial charge in [0, 0.05) is 37.4 Å². The van der Waals surface area contributed by atoms with Crippen LogP contribution in [0.5, 0.6) is 11.5 Å². The Morgan fingerprint density at radius 3 is 2.70 bits per heavy atom. The van der Waals surface area contributed by atoms with Crippen LogP contribution >= 0.6 is 0 Å². The highest BCUT2D eigenvalue weighted by Gasteiger charge is 2.27. The van der Waals surface area contributed by atoms with E-state index < -0.39 is 0 Å². The highest BCUT2D eigenvalue weighted by Crippen LogP contribution is 2.31. The molecule has 3 heterocycles. The van der Waals surface area contributed by atoms with Gasteiger partial charge in [-0.05, 0) is 50.5 Å². The van der Waals surface area contributed by atoms with Crippen LogP contribution < -0.4 is 19.7 Å². The second kappa shape index (κ2) is 9.25. The second-order valence-corrected chi connectivity index (χ2v) is 8.97. The minimum absolute atomic E-state index is 0.0225. The molecule has 1 atom stereocenters. The first-order valence-corrected chi connectivity index (χ1v) is 11.7. The molecule has 0 aliphatic carbocycles. The molecule has 1 fully saturated rings. The van der Waals surface area contributed by atoms with E-state index in [1.165, 1.54) is 5.56 Å². The number of ether oxygens (including phenoxy) is 2. The molecule has 0 bridgehead atoms. The summed E-state index contributed by atoms with van der Waals surface area (Å²) in [6, 6.07) is 14.0. The Labute approximate surface area is 194 Å². The number of hydrogen-bond donors (Lipinski definition) is 1. The molecule has 1 aromatic heterocycles. The first-order valence-electron chi connectivity index (χ1n) is 11.7. The summed E-state index contributed by atoms with van der Waals surface area (Å²) in [5.41, 5.74) is 3.16. The molecule has 0 saturated carbocycles. The standard InChI is InChI=1S/C26H30N4O3/c1-17-7-8-21-18(2)28-26(29-22(21)15-17)30-13-10-19(11-14-30)25(31)27-12-9-20-16-32-23-5-3-4-6-24(23)33-20/h3-8,15,19-20H,9-14,16H2,1-2H3,(H,27,31). The Hall–Kier alpha value is -3.35. The Kier molecular flexibility index (Phi) is 6.03. The Bertz CT molecular complexity index is 1160. The zero-order valence-corrected chi connectivity index (χ0v) is 19.2. The number of carbonyl (C=O) groups is 1. The predicted molar refractivity (Wildman–Crippen MR) is 128 cm³/mol. The lowest BCUT2D eigenvalue weighted by Crippen LogP contribution is -2.42. The molecule has 1 amide bonds. The van der Waals surface area contributed by atoms with E-state index in [-0.39, 0.29) is 17.9 Å².